The molecule has 3 aromatic rings. The molecule has 2 N–H and O–H groups in total. The van der Waals surface area contributed by atoms with Crippen LogP contribution in [0.1, 0.15) is 27.0 Å². The molecule has 1 aromatic heterocycles. The topological polar surface area (TPSA) is 77.8 Å². The van der Waals surface area contributed by atoms with Crippen LogP contribution in [0, 0.1) is 25.2 Å². The quantitative estimate of drug-likeness (QED) is 0.728. The van der Waals surface area contributed by atoms with Crippen molar-refractivity contribution in [3.8, 4) is 6.07 Å². The van der Waals surface area contributed by atoms with Crippen LogP contribution in [0.25, 0.3) is 0 Å². The maximum atomic E-state index is 12.5. The highest BCUT2D eigenvalue weighted by Crippen LogP contribution is 2.19. The molecular formula is C21H18N4O. The summed E-state index contributed by atoms with van der Waals surface area (Å²) >= 11 is 0. The number of nitrogens with zero attached hydrogens (tertiary/aromatic N) is 2. The van der Waals surface area contributed by atoms with Gasteiger partial charge >= 0.3 is 0 Å². The van der Waals surface area contributed by atoms with Crippen molar-refractivity contribution >= 4 is 23.0 Å². The van der Waals surface area contributed by atoms with E-state index in [-0.39, 0.29) is 5.91 Å². The van der Waals surface area contributed by atoms with Crippen LogP contribution in [-0.2, 0) is 0 Å². The highest BCUT2D eigenvalue weighted by molar-refractivity contribution is 6.04. The summed E-state index contributed by atoms with van der Waals surface area (Å²) in [6, 6.07) is 16.7. The fourth-order valence-corrected chi connectivity index (χ4v) is 2.49. The second-order valence-corrected chi connectivity index (χ2v) is 6.03. The number of rotatable bonds is 4. The van der Waals surface area contributed by atoms with Crippen molar-refractivity contribution in [2.24, 2.45) is 0 Å². The number of aromatic nitrogens is 1. The minimum Gasteiger partial charge on any atom is -0.354 e. The predicted octanol–water partition coefficient (Wildman–Crippen LogP) is 4.57. The molecule has 0 saturated heterocycles. The van der Waals surface area contributed by atoms with Crippen LogP contribution in [0.2, 0.25) is 0 Å². The molecule has 0 fully saturated rings. The van der Waals surface area contributed by atoms with Gasteiger partial charge < -0.3 is 10.6 Å². The zero-order chi connectivity index (χ0) is 18.5. The molecule has 26 heavy (non-hydrogen) atoms. The van der Waals surface area contributed by atoms with Gasteiger partial charge in [-0.2, -0.15) is 5.26 Å². The molecule has 1 heterocycles. The number of carbonyl (C=O) groups is 1. The normalized spacial score (nSPS) is 10.0. The molecule has 0 aliphatic carbocycles. The minimum absolute atomic E-state index is 0.227. The average Bonchev–Trinajstić information content (AvgIpc) is 2.65. The maximum Gasteiger partial charge on any atom is 0.257 e. The van der Waals surface area contributed by atoms with Gasteiger partial charge in [0.25, 0.3) is 5.91 Å². The van der Waals surface area contributed by atoms with Gasteiger partial charge in [-0.3, -0.25) is 9.78 Å². The number of pyridine rings is 1. The molecule has 0 aliphatic rings. The van der Waals surface area contributed by atoms with Crippen LogP contribution in [0.3, 0.4) is 0 Å². The number of hydrogen-bond acceptors (Lipinski definition) is 4. The van der Waals surface area contributed by atoms with E-state index >= 15 is 0 Å². The fourth-order valence-electron chi connectivity index (χ4n) is 2.49. The summed E-state index contributed by atoms with van der Waals surface area (Å²) in [5.41, 5.74) is 5.49. The van der Waals surface area contributed by atoms with Crippen LogP contribution < -0.4 is 10.6 Å². The van der Waals surface area contributed by atoms with Gasteiger partial charge in [0.2, 0.25) is 0 Å². The lowest BCUT2D eigenvalue weighted by atomic mass is 10.1. The highest BCUT2D eigenvalue weighted by atomic mass is 16.1. The van der Waals surface area contributed by atoms with E-state index in [0.717, 1.165) is 16.9 Å². The summed E-state index contributed by atoms with van der Waals surface area (Å²) in [6.07, 6.45) is 3.15. The van der Waals surface area contributed by atoms with Gasteiger partial charge in [0, 0.05) is 17.6 Å². The molecule has 0 atom stereocenters. The van der Waals surface area contributed by atoms with Crippen molar-refractivity contribution in [1.82, 2.24) is 4.98 Å². The fraction of sp³-hybridized carbons (Fsp3) is 0.0952. The van der Waals surface area contributed by atoms with Gasteiger partial charge in [0.05, 0.1) is 29.1 Å². The van der Waals surface area contributed by atoms with Gasteiger partial charge in [-0.25, -0.2) is 0 Å². The van der Waals surface area contributed by atoms with E-state index < -0.39 is 0 Å². The molecule has 0 aliphatic heterocycles. The monoisotopic (exact) mass is 342 g/mol. The smallest absolute Gasteiger partial charge is 0.257 e. The number of nitrogens with one attached hydrogen (secondary N) is 2. The van der Waals surface area contributed by atoms with Crippen molar-refractivity contribution in [2.45, 2.75) is 13.8 Å². The van der Waals surface area contributed by atoms with Crippen molar-refractivity contribution in [2.75, 3.05) is 10.6 Å². The molecule has 1 amide bonds. The van der Waals surface area contributed by atoms with Crippen LogP contribution in [0.4, 0.5) is 17.1 Å². The van der Waals surface area contributed by atoms with Crippen LogP contribution in [-0.4, -0.2) is 10.9 Å². The molecular weight excluding hydrogens is 324 g/mol. The third-order valence-corrected chi connectivity index (χ3v) is 4.05. The SMILES string of the molecule is Cc1ccc(NC(=O)c2cncc(Nc3cccc(C#N)c3)c2)cc1C. The predicted molar refractivity (Wildman–Crippen MR) is 103 cm³/mol. The lowest BCUT2D eigenvalue weighted by Gasteiger charge is -2.10. The van der Waals surface area contributed by atoms with Crippen LogP contribution >= 0.6 is 0 Å². The van der Waals surface area contributed by atoms with E-state index in [0.29, 0.717) is 16.8 Å². The summed E-state index contributed by atoms with van der Waals surface area (Å²) in [7, 11) is 0. The van der Waals surface area contributed by atoms with Gasteiger partial charge in [0.1, 0.15) is 0 Å². The van der Waals surface area contributed by atoms with Crippen molar-refractivity contribution in [3.05, 3.63) is 83.2 Å². The third-order valence-electron chi connectivity index (χ3n) is 4.05. The van der Waals surface area contributed by atoms with E-state index in [4.69, 9.17) is 5.26 Å². The minimum atomic E-state index is -0.227. The molecule has 2 aromatic carbocycles. The Labute approximate surface area is 152 Å². The second-order valence-electron chi connectivity index (χ2n) is 6.03. The number of nitriles is 1. The molecule has 3 rings (SSSR count). The maximum absolute atomic E-state index is 12.5. The number of carbonyl (C=O) groups excluding carboxylic acids is 1. The zero-order valence-corrected chi connectivity index (χ0v) is 14.6. The van der Waals surface area contributed by atoms with Crippen molar-refractivity contribution < 1.29 is 4.79 Å². The Morgan fingerprint density at radius 1 is 0.962 bits per heavy atom. The Morgan fingerprint density at radius 3 is 2.58 bits per heavy atom. The molecule has 5 heteroatoms. The molecule has 0 radical (unpaired) electrons. The highest BCUT2D eigenvalue weighted by Gasteiger charge is 2.08. The molecule has 128 valence electrons. The van der Waals surface area contributed by atoms with Crippen LogP contribution in [0.15, 0.2) is 60.9 Å². The third kappa shape index (κ3) is 4.05. The molecule has 5 nitrogen and oxygen atoms in total. The summed E-state index contributed by atoms with van der Waals surface area (Å²) < 4.78 is 0. The first-order valence-corrected chi connectivity index (χ1v) is 8.16. The van der Waals surface area contributed by atoms with E-state index in [2.05, 4.69) is 21.7 Å². The summed E-state index contributed by atoms with van der Waals surface area (Å²) in [6.45, 7) is 4.04. The summed E-state index contributed by atoms with van der Waals surface area (Å²) in [5, 5.41) is 15.0. The largest absolute Gasteiger partial charge is 0.354 e. The Balaban J connectivity index is 1.76. The first-order chi connectivity index (χ1) is 12.5. The lowest BCUT2D eigenvalue weighted by Crippen LogP contribution is -2.12. The Hall–Kier alpha value is -3.65. The number of anilines is 3. The van der Waals surface area contributed by atoms with Crippen molar-refractivity contribution in [1.29, 1.82) is 5.26 Å². The van der Waals surface area contributed by atoms with E-state index in [1.165, 1.54) is 11.8 Å². The van der Waals surface area contributed by atoms with Gasteiger partial charge in [-0.15, -0.1) is 0 Å². The molecule has 0 bridgehead atoms. The second kappa shape index (κ2) is 7.49. The lowest BCUT2D eigenvalue weighted by molar-refractivity contribution is 0.102. The molecule has 0 unspecified atom stereocenters. The Morgan fingerprint density at radius 2 is 1.81 bits per heavy atom. The molecule has 0 saturated carbocycles. The first-order valence-electron chi connectivity index (χ1n) is 8.16. The standard InChI is InChI=1S/C21H18N4O/c1-14-6-7-19(8-15(14)2)25-21(26)17-10-20(13-23-12-17)24-18-5-3-4-16(9-18)11-22/h3-10,12-13,24H,1-2H3,(H,25,26). The molecule has 0 spiro atoms. The van der Waals surface area contributed by atoms with Gasteiger partial charge in [-0.1, -0.05) is 12.1 Å². The van der Waals surface area contributed by atoms with E-state index in [1.54, 1.807) is 30.5 Å². The van der Waals surface area contributed by atoms with E-state index in [1.807, 2.05) is 38.1 Å². The van der Waals surface area contributed by atoms with Crippen molar-refractivity contribution in [3.63, 3.8) is 0 Å². The average molecular weight is 342 g/mol. The summed E-state index contributed by atoms with van der Waals surface area (Å²) in [5.74, 6) is -0.227. The van der Waals surface area contributed by atoms with E-state index in [9.17, 15) is 4.79 Å². The van der Waals surface area contributed by atoms with Gasteiger partial charge in [0.15, 0.2) is 0 Å². The number of benzene rings is 2. The van der Waals surface area contributed by atoms with Gasteiger partial charge in [-0.05, 0) is 61.4 Å². The summed E-state index contributed by atoms with van der Waals surface area (Å²) in [4.78, 5) is 16.6. The number of amides is 1. The van der Waals surface area contributed by atoms with Crippen LogP contribution in [0.5, 0.6) is 0 Å². The number of hydrogen-bond donors (Lipinski definition) is 2. The Kier molecular flexibility index (Phi) is 4.95. The number of aryl methyl sites for hydroxylation is 2. The zero-order valence-electron chi connectivity index (χ0n) is 14.6. The first kappa shape index (κ1) is 17.2. The Bertz CT molecular complexity index is 1000.